The lowest BCUT2D eigenvalue weighted by Gasteiger charge is -2.35. The number of benzene rings is 1. The minimum Gasteiger partial charge on any atom is -0.369 e. The molecule has 0 aromatic heterocycles. The molecule has 1 aliphatic rings. The lowest BCUT2D eigenvalue weighted by Crippen LogP contribution is -2.46. The Hall–Kier alpha value is -1.18. The highest BCUT2D eigenvalue weighted by Gasteiger charge is 2.16. The van der Waals surface area contributed by atoms with Crippen molar-refractivity contribution in [1.82, 2.24) is 4.90 Å². The van der Waals surface area contributed by atoms with E-state index in [1.807, 2.05) is 24.3 Å². The monoisotopic (exact) mass is 247 g/mol. The van der Waals surface area contributed by atoms with Crippen LogP contribution < -0.4 is 4.90 Å². The molecule has 3 nitrogen and oxygen atoms in total. The normalized spacial score (nSPS) is 16.8. The van der Waals surface area contributed by atoms with Gasteiger partial charge in [-0.2, -0.15) is 17.9 Å². The maximum absolute atomic E-state index is 8.76. The van der Waals surface area contributed by atoms with Crippen molar-refractivity contribution in [3.63, 3.8) is 0 Å². The minimum absolute atomic E-state index is 0.724. The van der Waals surface area contributed by atoms with E-state index in [1.54, 1.807) is 0 Å². The first kappa shape index (κ1) is 12.3. The van der Waals surface area contributed by atoms with E-state index in [-0.39, 0.29) is 0 Å². The Morgan fingerprint density at radius 1 is 1.12 bits per heavy atom. The van der Waals surface area contributed by atoms with Gasteiger partial charge >= 0.3 is 0 Å². The highest BCUT2D eigenvalue weighted by atomic mass is 32.1. The van der Waals surface area contributed by atoms with E-state index in [4.69, 9.17) is 5.26 Å². The van der Waals surface area contributed by atoms with Crippen LogP contribution >= 0.6 is 12.6 Å². The Kier molecular flexibility index (Phi) is 4.29. The van der Waals surface area contributed by atoms with Gasteiger partial charge in [-0.1, -0.05) is 0 Å². The molecule has 0 spiro atoms. The zero-order valence-electron chi connectivity index (χ0n) is 9.84. The lowest BCUT2D eigenvalue weighted by atomic mass is 10.2. The Labute approximate surface area is 108 Å². The summed E-state index contributed by atoms with van der Waals surface area (Å²) in [5.41, 5.74) is 1.94. The van der Waals surface area contributed by atoms with Gasteiger partial charge in [0.15, 0.2) is 0 Å². The van der Waals surface area contributed by atoms with Crippen LogP contribution in [0.5, 0.6) is 0 Å². The summed E-state index contributed by atoms with van der Waals surface area (Å²) in [7, 11) is 0. The van der Waals surface area contributed by atoms with Crippen molar-refractivity contribution in [3.8, 4) is 6.07 Å². The van der Waals surface area contributed by atoms with Crippen molar-refractivity contribution in [2.24, 2.45) is 0 Å². The quantitative estimate of drug-likeness (QED) is 0.823. The molecule has 1 aromatic rings. The third kappa shape index (κ3) is 3.15. The topological polar surface area (TPSA) is 30.3 Å². The molecule has 0 unspecified atom stereocenters. The standard InChI is InChI=1S/C13H17N3S/c14-11-12-1-3-13(4-2-12)16-7-5-15(6-8-16)9-10-17/h1-4,17H,5-10H2. The summed E-state index contributed by atoms with van der Waals surface area (Å²) in [5, 5.41) is 8.76. The van der Waals surface area contributed by atoms with Gasteiger partial charge in [-0.3, -0.25) is 4.90 Å². The number of anilines is 1. The van der Waals surface area contributed by atoms with Crippen LogP contribution in [-0.2, 0) is 0 Å². The number of piperazine rings is 1. The van der Waals surface area contributed by atoms with E-state index >= 15 is 0 Å². The lowest BCUT2D eigenvalue weighted by molar-refractivity contribution is 0.273. The molecular weight excluding hydrogens is 230 g/mol. The fraction of sp³-hybridized carbons (Fsp3) is 0.462. The molecule has 90 valence electrons. The third-order valence-electron chi connectivity index (χ3n) is 3.15. The van der Waals surface area contributed by atoms with E-state index in [0.29, 0.717) is 0 Å². The summed E-state index contributed by atoms with van der Waals surface area (Å²) in [6.07, 6.45) is 0. The average molecular weight is 247 g/mol. The molecule has 1 saturated heterocycles. The molecule has 0 atom stereocenters. The van der Waals surface area contributed by atoms with E-state index in [1.165, 1.54) is 5.69 Å². The summed E-state index contributed by atoms with van der Waals surface area (Å²) in [4.78, 5) is 4.81. The fourth-order valence-electron chi connectivity index (χ4n) is 2.12. The van der Waals surface area contributed by atoms with Crippen LogP contribution in [-0.4, -0.2) is 43.4 Å². The molecule has 1 aromatic carbocycles. The highest BCUT2D eigenvalue weighted by molar-refractivity contribution is 7.80. The number of nitriles is 1. The second kappa shape index (κ2) is 5.95. The van der Waals surface area contributed by atoms with Crippen molar-refractivity contribution < 1.29 is 0 Å². The molecule has 17 heavy (non-hydrogen) atoms. The first-order chi connectivity index (χ1) is 8.33. The second-order valence-corrected chi connectivity index (χ2v) is 4.66. The molecule has 0 aliphatic carbocycles. The Morgan fingerprint density at radius 3 is 2.29 bits per heavy atom. The molecule has 0 N–H and O–H groups in total. The van der Waals surface area contributed by atoms with Crippen molar-refractivity contribution in [3.05, 3.63) is 29.8 Å². The van der Waals surface area contributed by atoms with Crippen LogP contribution in [0.15, 0.2) is 24.3 Å². The molecule has 1 heterocycles. The van der Waals surface area contributed by atoms with E-state index in [9.17, 15) is 0 Å². The summed E-state index contributed by atoms with van der Waals surface area (Å²) in [5.74, 6) is 0.927. The highest BCUT2D eigenvalue weighted by Crippen LogP contribution is 2.16. The predicted octanol–water partition coefficient (Wildman–Crippen LogP) is 1.61. The van der Waals surface area contributed by atoms with Gasteiger partial charge in [-0.15, -0.1) is 0 Å². The van der Waals surface area contributed by atoms with Gasteiger partial charge in [0, 0.05) is 44.2 Å². The summed E-state index contributed by atoms with van der Waals surface area (Å²) in [6.45, 7) is 5.38. The maximum atomic E-state index is 8.76. The Morgan fingerprint density at radius 2 is 1.76 bits per heavy atom. The maximum Gasteiger partial charge on any atom is 0.0991 e. The number of hydrogen-bond acceptors (Lipinski definition) is 4. The number of hydrogen-bond donors (Lipinski definition) is 1. The van der Waals surface area contributed by atoms with E-state index in [0.717, 1.165) is 44.0 Å². The Balaban J connectivity index is 1.94. The molecule has 1 fully saturated rings. The average Bonchev–Trinajstić information content (AvgIpc) is 2.40. The first-order valence-electron chi connectivity index (χ1n) is 5.92. The molecule has 0 amide bonds. The van der Waals surface area contributed by atoms with Gasteiger partial charge in [0.2, 0.25) is 0 Å². The molecule has 0 bridgehead atoms. The number of rotatable bonds is 3. The van der Waals surface area contributed by atoms with Crippen LogP contribution in [0.2, 0.25) is 0 Å². The minimum atomic E-state index is 0.724. The van der Waals surface area contributed by atoms with Gasteiger partial charge in [0.1, 0.15) is 0 Å². The van der Waals surface area contributed by atoms with Crippen molar-refractivity contribution in [1.29, 1.82) is 5.26 Å². The van der Waals surface area contributed by atoms with E-state index < -0.39 is 0 Å². The van der Waals surface area contributed by atoms with Crippen LogP contribution in [0, 0.1) is 11.3 Å². The van der Waals surface area contributed by atoms with Gasteiger partial charge in [0.05, 0.1) is 11.6 Å². The zero-order valence-corrected chi connectivity index (χ0v) is 10.7. The zero-order chi connectivity index (χ0) is 12.1. The smallest absolute Gasteiger partial charge is 0.0991 e. The van der Waals surface area contributed by atoms with Crippen LogP contribution in [0.3, 0.4) is 0 Å². The van der Waals surface area contributed by atoms with E-state index in [2.05, 4.69) is 28.5 Å². The summed E-state index contributed by atoms with van der Waals surface area (Å²) in [6, 6.07) is 9.98. The second-order valence-electron chi connectivity index (χ2n) is 4.21. The molecule has 1 aliphatic heterocycles. The van der Waals surface area contributed by atoms with Crippen molar-refractivity contribution in [2.45, 2.75) is 0 Å². The summed E-state index contributed by atoms with van der Waals surface area (Å²) >= 11 is 4.26. The third-order valence-corrected chi connectivity index (χ3v) is 3.35. The van der Waals surface area contributed by atoms with Crippen LogP contribution in [0.25, 0.3) is 0 Å². The number of nitrogens with zero attached hydrogens (tertiary/aromatic N) is 3. The van der Waals surface area contributed by atoms with Crippen molar-refractivity contribution >= 4 is 18.3 Å². The van der Waals surface area contributed by atoms with Crippen LogP contribution in [0.1, 0.15) is 5.56 Å². The SMILES string of the molecule is N#Cc1ccc(N2CCN(CCS)CC2)cc1. The first-order valence-corrected chi connectivity index (χ1v) is 6.55. The molecular formula is C13H17N3S. The fourth-order valence-corrected chi connectivity index (χ4v) is 2.40. The molecule has 4 heteroatoms. The Bertz CT molecular complexity index is 388. The predicted molar refractivity (Wildman–Crippen MR) is 73.7 cm³/mol. The van der Waals surface area contributed by atoms with Crippen LogP contribution in [0.4, 0.5) is 5.69 Å². The largest absolute Gasteiger partial charge is 0.369 e. The molecule has 0 radical (unpaired) electrons. The van der Waals surface area contributed by atoms with Gasteiger partial charge in [-0.05, 0) is 24.3 Å². The summed E-state index contributed by atoms with van der Waals surface area (Å²) < 4.78 is 0. The van der Waals surface area contributed by atoms with Gasteiger partial charge in [-0.25, -0.2) is 0 Å². The molecule has 0 saturated carbocycles. The van der Waals surface area contributed by atoms with Gasteiger partial charge in [0.25, 0.3) is 0 Å². The number of thiol groups is 1. The van der Waals surface area contributed by atoms with Crippen molar-refractivity contribution in [2.75, 3.05) is 43.4 Å². The molecule has 2 rings (SSSR count). The van der Waals surface area contributed by atoms with Gasteiger partial charge < -0.3 is 4.90 Å².